The molecular weight excluding hydrogens is 236 g/mol. The molecule has 0 spiro atoms. The van der Waals surface area contributed by atoms with Crippen molar-refractivity contribution < 1.29 is 19.8 Å². The third kappa shape index (κ3) is 6.44. The highest BCUT2D eigenvalue weighted by Gasteiger charge is 2.21. The molecule has 1 atom stereocenters. The molecule has 0 aromatic carbocycles. The van der Waals surface area contributed by atoms with Crippen LogP contribution in [0.25, 0.3) is 0 Å². The van der Waals surface area contributed by atoms with Crippen LogP contribution in [-0.4, -0.2) is 52.3 Å². The van der Waals surface area contributed by atoms with Gasteiger partial charge in [0.1, 0.15) is 0 Å². The van der Waals surface area contributed by atoms with Gasteiger partial charge in [-0.1, -0.05) is 13.3 Å². The zero-order valence-corrected chi connectivity index (χ0v) is 11.3. The second-order valence-corrected chi connectivity index (χ2v) is 4.54. The van der Waals surface area contributed by atoms with Crippen molar-refractivity contribution in [3.05, 3.63) is 0 Å². The topological polar surface area (TPSA) is 89.9 Å². The van der Waals surface area contributed by atoms with Crippen LogP contribution in [0.5, 0.6) is 0 Å². The molecule has 0 aliphatic carbocycles. The Bertz CT molecular complexity index is 269. The molecule has 6 nitrogen and oxygen atoms in total. The number of carbonyl (C=O) groups is 2. The first-order valence-corrected chi connectivity index (χ1v) is 6.32. The fraction of sp³-hybridized carbons (Fsp3) is 0.833. The largest absolute Gasteiger partial charge is 0.481 e. The number of nitrogens with one attached hydrogen (secondary N) is 1. The summed E-state index contributed by atoms with van der Waals surface area (Å²) in [6.07, 6.45) is 1.35. The fourth-order valence-electron chi connectivity index (χ4n) is 1.74. The van der Waals surface area contributed by atoms with Crippen molar-refractivity contribution in [3.63, 3.8) is 0 Å². The monoisotopic (exact) mass is 260 g/mol. The summed E-state index contributed by atoms with van der Waals surface area (Å²) in [4.78, 5) is 24.1. The second-order valence-electron chi connectivity index (χ2n) is 4.54. The lowest BCUT2D eigenvalue weighted by Gasteiger charge is -2.28. The summed E-state index contributed by atoms with van der Waals surface area (Å²) in [5.74, 6) is -0.924. The van der Waals surface area contributed by atoms with Crippen molar-refractivity contribution >= 4 is 12.0 Å². The summed E-state index contributed by atoms with van der Waals surface area (Å²) in [6.45, 7) is 5.77. The number of aliphatic hydroxyl groups excluding tert-OH is 1. The van der Waals surface area contributed by atoms with Crippen molar-refractivity contribution in [2.45, 2.75) is 52.1 Å². The van der Waals surface area contributed by atoms with Gasteiger partial charge in [0.15, 0.2) is 0 Å². The molecule has 0 saturated carbocycles. The molecule has 2 amide bonds. The standard InChI is InChI=1S/C12H24N2O4/c1-4-5-10(8-11(16)17)13-12(18)14(6-7-15)9(2)3/h9-10,15H,4-8H2,1-3H3,(H,13,18)(H,16,17). The second kappa shape index (κ2) is 8.74. The number of aliphatic hydroxyl groups is 1. The van der Waals surface area contributed by atoms with Gasteiger partial charge in [0, 0.05) is 18.6 Å². The van der Waals surface area contributed by atoms with Gasteiger partial charge in [-0.15, -0.1) is 0 Å². The van der Waals surface area contributed by atoms with Crippen molar-refractivity contribution in [2.24, 2.45) is 0 Å². The lowest BCUT2D eigenvalue weighted by atomic mass is 10.1. The predicted octanol–water partition coefficient (Wildman–Crippen LogP) is 1.04. The highest BCUT2D eigenvalue weighted by molar-refractivity contribution is 5.76. The summed E-state index contributed by atoms with van der Waals surface area (Å²) in [6, 6.07) is -0.719. The van der Waals surface area contributed by atoms with Gasteiger partial charge >= 0.3 is 12.0 Å². The molecular formula is C12H24N2O4. The Morgan fingerprint density at radius 2 is 1.94 bits per heavy atom. The van der Waals surface area contributed by atoms with Crippen LogP contribution in [-0.2, 0) is 4.79 Å². The molecule has 1 unspecified atom stereocenters. The van der Waals surface area contributed by atoms with Gasteiger partial charge in [-0.3, -0.25) is 4.79 Å². The molecule has 0 aliphatic heterocycles. The Balaban J connectivity index is 4.49. The Hall–Kier alpha value is -1.30. The first-order chi connectivity index (χ1) is 8.42. The van der Waals surface area contributed by atoms with E-state index in [2.05, 4.69) is 5.32 Å². The number of carboxylic acids is 1. The number of rotatable bonds is 8. The summed E-state index contributed by atoms with van der Waals surface area (Å²) in [7, 11) is 0. The molecule has 106 valence electrons. The maximum atomic E-state index is 12.0. The summed E-state index contributed by atoms with van der Waals surface area (Å²) in [5.41, 5.74) is 0. The normalized spacial score (nSPS) is 12.3. The molecule has 0 heterocycles. The highest BCUT2D eigenvalue weighted by Crippen LogP contribution is 2.05. The third-order valence-corrected chi connectivity index (χ3v) is 2.61. The van der Waals surface area contributed by atoms with Crippen molar-refractivity contribution in [3.8, 4) is 0 Å². The van der Waals surface area contributed by atoms with Crippen LogP contribution in [0.3, 0.4) is 0 Å². The SMILES string of the molecule is CCCC(CC(=O)O)NC(=O)N(CCO)C(C)C. The maximum Gasteiger partial charge on any atom is 0.317 e. The van der Waals surface area contributed by atoms with Gasteiger partial charge < -0.3 is 20.4 Å². The zero-order chi connectivity index (χ0) is 14.1. The van der Waals surface area contributed by atoms with E-state index in [1.165, 1.54) is 4.90 Å². The quantitative estimate of drug-likeness (QED) is 0.608. The first kappa shape index (κ1) is 16.7. The van der Waals surface area contributed by atoms with Crippen LogP contribution >= 0.6 is 0 Å². The highest BCUT2D eigenvalue weighted by atomic mass is 16.4. The molecule has 3 N–H and O–H groups in total. The number of carboxylic acid groups (broad SMARTS) is 1. The third-order valence-electron chi connectivity index (χ3n) is 2.61. The van der Waals surface area contributed by atoms with Crippen LogP contribution in [0.2, 0.25) is 0 Å². The van der Waals surface area contributed by atoms with Gasteiger partial charge in [0.2, 0.25) is 0 Å². The lowest BCUT2D eigenvalue weighted by molar-refractivity contribution is -0.137. The van der Waals surface area contributed by atoms with Crippen LogP contribution < -0.4 is 5.32 Å². The van der Waals surface area contributed by atoms with Gasteiger partial charge in [-0.2, -0.15) is 0 Å². The average Bonchev–Trinajstić information content (AvgIpc) is 2.24. The lowest BCUT2D eigenvalue weighted by Crippen LogP contribution is -2.49. The Kier molecular flexibility index (Phi) is 8.11. The number of amides is 2. The molecule has 0 radical (unpaired) electrons. The fourth-order valence-corrected chi connectivity index (χ4v) is 1.74. The van der Waals surface area contributed by atoms with Crippen molar-refractivity contribution in [1.29, 1.82) is 0 Å². The Morgan fingerprint density at radius 3 is 2.33 bits per heavy atom. The van der Waals surface area contributed by atoms with Gasteiger partial charge in [-0.05, 0) is 20.3 Å². The smallest absolute Gasteiger partial charge is 0.317 e. The molecule has 18 heavy (non-hydrogen) atoms. The van der Waals surface area contributed by atoms with Crippen LogP contribution in [0.4, 0.5) is 4.79 Å². The molecule has 0 rings (SSSR count). The number of hydrogen-bond donors (Lipinski definition) is 3. The minimum atomic E-state index is -0.924. The van der Waals surface area contributed by atoms with E-state index in [0.717, 1.165) is 6.42 Å². The summed E-state index contributed by atoms with van der Waals surface area (Å²) < 4.78 is 0. The van der Waals surface area contributed by atoms with Crippen molar-refractivity contribution in [1.82, 2.24) is 10.2 Å². The van der Waals surface area contributed by atoms with Crippen molar-refractivity contribution in [2.75, 3.05) is 13.2 Å². The molecule has 0 saturated heterocycles. The van der Waals surface area contributed by atoms with Crippen LogP contribution in [0.15, 0.2) is 0 Å². The zero-order valence-electron chi connectivity index (χ0n) is 11.3. The first-order valence-electron chi connectivity index (χ1n) is 6.32. The van der Waals surface area contributed by atoms with E-state index in [-0.39, 0.29) is 37.7 Å². The van der Waals surface area contributed by atoms with E-state index in [1.807, 2.05) is 20.8 Å². The minimum absolute atomic E-state index is 0.0377. The molecule has 0 aromatic heterocycles. The van der Waals surface area contributed by atoms with E-state index >= 15 is 0 Å². The van der Waals surface area contributed by atoms with E-state index < -0.39 is 5.97 Å². The Morgan fingerprint density at radius 1 is 1.33 bits per heavy atom. The molecule has 0 fully saturated rings. The number of aliphatic carboxylic acids is 1. The minimum Gasteiger partial charge on any atom is -0.481 e. The number of nitrogens with zero attached hydrogens (tertiary/aromatic N) is 1. The summed E-state index contributed by atoms with van der Waals surface area (Å²) >= 11 is 0. The van der Waals surface area contributed by atoms with E-state index in [9.17, 15) is 9.59 Å². The number of urea groups is 1. The Labute approximate surface area is 108 Å². The predicted molar refractivity (Wildman–Crippen MR) is 68.4 cm³/mol. The van der Waals surface area contributed by atoms with E-state index in [1.54, 1.807) is 0 Å². The van der Waals surface area contributed by atoms with Gasteiger partial charge in [0.05, 0.1) is 13.0 Å². The number of carbonyl (C=O) groups excluding carboxylic acids is 1. The van der Waals surface area contributed by atoms with Gasteiger partial charge in [0.25, 0.3) is 0 Å². The average molecular weight is 260 g/mol. The number of hydrogen-bond acceptors (Lipinski definition) is 3. The molecule has 6 heteroatoms. The molecule has 0 aromatic rings. The van der Waals surface area contributed by atoms with E-state index in [4.69, 9.17) is 10.2 Å². The van der Waals surface area contributed by atoms with E-state index in [0.29, 0.717) is 6.42 Å². The summed E-state index contributed by atoms with van der Waals surface area (Å²) in [5, 5.41) is 20.4. The van der Waals surface area contributed by atoms with Crippen LogP contribution in [0, 0.1) is 0 Å². The van der Waals surface area contributed by atoms with Crippen LogP contribution in [0.1, 0.15) is 40.0 Å². The molecule has 0 bridgehead atoms. The van der Waals surface area contributed by atoms with Gasteiger partial charge in [-0.25, -0.2) is 4.79 Å². The maximum absolute atomic E-state index is 12.0. The molecule has 0 aliphatic rings.